The van der Waals surface area contributed by atoms with Crippen molar-refractivity contribution in [2.75, 3.05) is 6.54 Å². The molecular weight excluding hydrogens is 406 g/mol. The van der Waals surface area contributed by atoms with Crippen molar-refractivity contribution < 1.29 is 9.53 Å². The SMILES string of the molecule is CCNC(=O)O[C@H]1CC[C@@]2(C)C(=CC[C@@H]3[C@H]4CC[C@@H]([C@@H](C)CCCC(C)C)[C@]4(C)CC[C@H]32)C1. The molecule has 1 N–H and O–H groups in total. The number of hydrogen-bond donors (Lipinski definition) is 1. The Hall–Kier alpha value is -0.990. The summed E-state index contributed by atoms with van der Waals surface area (Å²) in [6.07, 6.45) is 16.8. The number of allylic oxidation sites excluding steroid dienone is 1. The van der Waals surface area contributed by atoms with Crippen LogP contribution in [0.25, 0.3) is 0 Å². The maximum absolute atomic E-state index is 12.0. The molecule has 4 rings (SSSR count). The number of rotatable bonds is 7. The van der Waals surface area contributed by atoms with Crippen LogP contribution in [0.1, 0.15) is 112 Å². The lowest BCUT2D eigenvalue weighted by Gasteiger charge is -2.58. The maximum Gasteiger partial charge on any atom is 0.407 e. The van der Waals surface area contributed by atoms with Gasteiger partial charge in [-0.3, -0.25) is 0 Å². The van der Waals surface area contributed by atoms with Gasteiger partial charge in [-0.2, -0.15) is 0 Å². The quantitative estimate of drug-likeness (QED) is 0.392. The Morgan fingerprint density at radius 3 is 2.61 bits per heavy atom. The third kappa shape index (κ3) is 4.76. The zero-order chi connectivity index (χ0) is 23.8. The molecule has 4 aliphatic carbocycles. The number of nitrogens with one attached hydrogen (secondary N) is 1. The fourth-order valence-corrected chi connectivity index (χ4v) is 9.09. The van der Waals surface area contributed by atoms with Crippen LogP contribution in [-0.2, 0) is 4.74 Å². The molecule has 1 amide bonds. The first-order valence-electron chi connectivity index (χ1n) is 14.3. The number of hydrogen-bond acceptors (Lipinski definition) is 2. The van der Waals surface area contributed by atoms with Crippen LogP contribution in [0.4, 0.5) is 4.79 Å². The number of ether oxygens (including phenoxy) is 1. The zero-order valence-electron chi connectivity index (χ0n) is 22.4. The van der Waals surface area contributed by atoms with Crippen LogP contribution in [0.15, 0.2) is 11.6 Å². The molecule has 0 aromatic carbocycles. The zero-order valence-corrected chi connectivity index (χ0v) is 22.4. The molecular formula is C30H51NO2. The van der Waals surface area contributed by atoms with Gasteiger partial charge in [-0.05, 0) is 98.2 Å². The highest BCUT2D eigenvalue weighted by Gasteiger charge is 2.59. The minimum absolute atomic E-state index is 0.0591. The second kappa shape index (κ2) is 9.94. The van der Waals surface area contributed by atoms with Gasteiger partial charge in [0.25, 0.3) is 0 Å². The van der Waals surface area contributed by atoms with Crippen molar-refractivity contribution in [1.82, 2.24) is 5.32 Å². The molecule has 33 heavy (non-hydrogen) atoms. The van der Waals surface area contributed by atoms with E-state index in [1.54, 1.807) is 5.57 Å². The number of carbonyl (C=O) groups excluding carboxylic acids is 1. The second-order valence-corrected chi connectivity index (χ2v) is 13.1. The van der Waals surface area contributed by atoms with Crippen LogP contribution in [0.5, 0.6) is 0 Å². The summed E-state index contributed by atoms with van der Waals surface area (Å²) in [4.78, 5) is 12.0. The number of carbonyl (C=O) groups is 1. The Bertz CT molecular complexity index is 729. The fraction of sp³-hybridized carbons (Fsp3) is 0.900. The maximum atomic E-state index is 12.0. The van der Waals surface area contributed by atoms with Crippen molar-refractivity contribution in [3.8, 4) is 0 Å². The summed E-state index contributed by atoms with van der Waals surface area (Å²) < 4.78 is 5.74. The molecule has 0 spiro atoms. The van der Waals surface area contributed by atoms with E-state index < -0.39 is 0 Å². The molecule has 0 aromatic heterocycles. The van der Waals surface area contributed by atoms with Gasteiger partial charge in [-0.15, -0.1) is 0 Å². The largest absolute Gasteiger partial charge is 0.446 e. The smallest absolute Gasteiger partial charge is 0.407 e. The summed E-state index contributed by atoms with van der Waals surface area (Å²) in [5, 5.41) is 2.80. The van der Waals surface area contributed by atoms with Crippen molar-refractivity contribution in [2.45, 2.75) is 118 Å². The van der Waals surface area contributed by atoms with E-state index in [0.29, 0.717) is 17.4 Å². The molecule has 0 bridgehead atoms. The lowest BCUT2D eigenvalue weighted by molar-refractivity contribution is -0.0581. The van der Waals surface area contributed by atoms with Gasteiger partial charge < -0.3 is 10.1 Å². The highest BCUT2D eigenvalue weighted by Crippen LogP contribution is 2.67. The first kappa shape index (κ1) is 25.1. The lowest BCUT2D eigenvalue weighted by Crippen LogP contribution is -2.51. The highest BCUT2D eigenvalue weighted by atomic mass is 16.6. The van der Waals surface area contributed by atoms with Gasteiger partial charge in [0, 0.05) is 13.0 Å². The molecule has 0 radical (unpaired) electrons. The molecule has 3 heteroatoms. The second-order valence-electron chi connectivity index (χ2n) is 13.1. The summed E-state index contributed by atoms with van der Waals surface area (Å²) in [6, 6.07) is 0. The van der Waals surface area contributed by atoms with Crippen LogP contribution in [0, 0.1) is 46.3 Å². The molecule has 8 atom stereocenters. The van der Waals surface area contributed by atoms with Gasteiger partial charge in [0.15, 0.2) is 0 Å². The molecule has 4 aliphatic rings. The van der Waals surface area contributed by atoms with Crippen molar-refractivity contribution in [2.24, 2.45) is 46.3 Å². The predicted octanol–water partition coefficient (Wildman–Crippen LogP) is 8.14. The Morgan fingerprint density at radius 1 is 1.09 bits per heavy atom. The van der Waals surface area contributed by atoms with Crippen LogP contribution in [0.3, 0.4) is 0 Å². The van der Waals surface area contributed by atoms with Gasteiger partial charge in [0.1, 0.15) is 6.10 Å². The monoisotopic (exact) mass is 457 g/mol. The molecule has 3 nitrogen and oxygen atoms in total. The van der Waals surface area contributed by atoms with E-state index in [1.165, 1.54) is 57.8 Å². The van der Waals surface area contributed by atoms with Gasteiger partial charge in [0.05, 0.1) is 0 Å². The lowest BCUT2D eigenvalue weighted by atomic mass is 9.47. The Balaban J connectivity index is 1.43. The molecule has 3 fully saturated rings. The molecule has 0 aromatic rings. The standard InChI is InChI=1S/C30H51NO2/c1-7-31-28(32)33-23-15-17-29(5)22(19-23)11-12-24-26-14-13-25(21(4)10-8-9-20(2)3)30(26,6)18-16-27(24)29/h11,20-21,23-27H,7-10,12-19H2,1-6H3,(H,31,32)/t21-,23-,24+,25-,26+,27+,29-,30-/m0/s1. The Morgan fingerprint density at radius 2 is 1.88 bits per heavy atom. The van der Waals surface area contributed by atoms with Gasteiger partial charge in [0.2, 0.25) is 0 Å². The van der Waals surface area contributed by atoms with E-state index in [-0.39, 0.29) is 12.2 Å². The van der Waals surface area contributed by atoms with Crippen LogP contribution in [0.2, 0.25) is 0 Å². The number of alkyl carbamates (subject to hydrolysis) is 1. The first-order chi connectivity index (χ1) is 15.7. The molecule has 0 heterocycles. The number of amides is 1. The van der Waals surface area contributed by atoms with Crippen LogP contribution >= 0.6 is 0 Å². The van der Waals surface area contributed by atoms with Gasteiger partial charge in [-0.25, -0.2) is 4.79 Å². The van der Waals surface area contributed by atoms with Crippen LogP contribution in [-0.4, -0.2) is 18.7 Å². The third-order valence-corrected chi connectivity index (χ3v) is 10.9. The van der Waals surface area contributed by atoms with Crippen LogP contribution < -0.4 is 5.32 Å². The van der Waals surface area contributed by atoms with E-state index in [1.807, 2.05) is 6.92 Å². The summed E-state index contributed by atoms with van der Waals surface area (Å²) in [6.45, 7) is 15.1. The fourth-order valence-electron chi connectivity index (χ4n) is 9.09. The van der Waals surface area contributed by atoms with Gasteiger partial charge >= 0.3 is 6.09 Å². The summed E-state index contributed by atoms with van der Waals surface area (Å²) >= 11 is 0. The minimum Gasteiger partial charge on any atom is -0.446 e. The molecule has 0 saturated heterocycles. The van der Waals surface area contributed by atoms with E-state index in [0.717, 1.165) is 48.3 Å². The average molecular weight is 458 g/mol. The van der Waals surface area contributed by atoms with E-state index in [9.17, 15) is 4.79 Å². The Kier molecular flexibility index (Phi) is 7.56. The first-order valence-corrected chi connectivity index (χ1v) is 14.3. The van der Waals surface area contributed by atoms with Gasteiger partial charge in [-0.1, -0.05) is 65.5 Å². The summed E-state index contributed by atoms with van der Waals surface area (Å²) in [5.41, 5.74) is 2.48. The predicted molar refractivity (Wildman–Crippen MR) is 137 cm³/mol. The minimum atomic E-state index is -0.242. The summed E-state index contributed by atoms with van der Waals surface area (Å²) in [7, 11) is 0. The normalized spacial score (nSPS) is 40.9. The van der Waals surface area contributed by atoms with Crippen molar-refractivity contribution in [3.63, 3.8) is 0 Å². The van der Waals surface area contributed by atoms with E-state index in [2.05, 4.69) is 46.0 Å². The molecule has 0 unspecified atom stereocenters. The van der Waals surface area contributed by atoms with Crippen molar-refractivity contribution >= 4 is 6.09 Å². The van der Waals surface area contributed by atoms with E-state index >= 15 is 0 Å². The topological polar surface area (TPSA) is 38.3 Å². The van der Waals surface area contributed by atoms with Crippen molar-refractivity contribution in [1.29, 1.82) is 0 Å². The average Bonchev–Trinajstić information content (AvgIpc) is 3.11. The molecule has 188 valence electrons. The third-order valence-electron chi connectivity index (χ3n) is 10.9. The van der Waals surface area contributed by atoms with E-state index in [4.69, 9.17) is 4.74 Å². The highest BCUT2D eigenvalue weighted by molar-refractivity contribution is 5.67. The molecule has 0 aliphatic heterocycles. The van der Waals surface area contributed by atoms with Crippen molar-refractivity contribution in [3.05, 3.63) is 11.6 Å². The Labute approximate surface area is 203 Å². The summed E-state index contributed by atoms with van der Waals surface area (Å²) in [5.74, 6) is 5.25. The number of fused-ring (bicyclic) bond motifs is 5. The molecule has 3 saturated carbocycles.